The van der Waals surface area contributed by atoms with Crippen molar-refractivity contribution in [2.75, 3.05) is 39.5 Å². The van der Waals surface area contributed by atoms with Gasteiger partial charge in [-0.05, 0) is 18.2 Å². The molecule has 2 aromatic rings. The summed E-state index contributed by atoms with van der Waals surface area (Å²) < 4.78 is 5.44. The maximum absolute atomic E-state index is 10.7. The van der Waals surface area contributed by atoms with Gasteiger partial charge in [0.25, 0.3) is 0 Å². The minimum Gasteiger partial charge on any atom is -0.872 e. The van der Waals surface area contributed by atoms with Crippen molar-refractivity contribution < 1.29 is 40.0 Å². The van der Waals surface area contributed by atoms with Crippen molar-refractivity contribution in [1.29, 1.82) is 0 Å². The molecule has 1 unspecified atom stereocenters. The molecule has 8 nitrogen and oxygen atoms in total. The zero-order valence-corrected chi connectivity index (χ0v) is 15.5. The Hall–Kier alpha value is -2.65. The predicted octanol–water partition coefficient (Wildman–Crippen LogP) is -1.25. The Morgan fingerprint density at radius 3 is 2.07 bits per heavy atom. The first-order chi connectivity index (χ1) is 13.5. The number of nitrogens with one attached hydrogen (secondary N) is 1. The summed E-state index contributed by atoms with van der Waals surface area (Å²) in [4.78, 5) is 11.2. The number of carboxylic acid groups (broad SMARTS) is 1. The summed E-state index contributed by atoms with van der Waals surface area (Å²) >= 11 is 0. The van der Waals surface area contributed by atoms with Crippen LogP contribution in [0.5, 0.6) is 11.5 Å². The summed E-state index contributed by atoms with van der Waals surface area (Å²) in [6.07, 6.45) is -0.613. The standard InChI is InChI=1S/C13H21NO4.C7H6O3/c15-8-6-14(7-9-16)10-12(17)11-18-13-4-2-1-3-5-13;8-6-4-2-1-3-5(6)7(9)10/h1-5,12,15-17H,6-11H2;1-4,8H,(H,9,10). The van der Waals surface area contributed by atoms with Gasteiger partial charge < -0.3 is 35.2 Å². The summed E-state index contributed by atoms with van der Waals surface area (Å²) in [6, 6.07) is 14.8. The third-order valence-electron chi connectivity index (χ3n) is 3.76. The first-order valence-electron chi connectivity index (χ1n) is 8.88. The average molecular weight is 393 g/mol. The lowest BCUT2D eigenvalue weighted by atomic mass is 10.2. The highest BCUT2D eigenvalue weighted by atomic mass is 16.5. The highest BCUT2D eigenvalue weighted by Gasteiger charge is 2.14. The van der Waals surface area contributed by atoms with Gasteiger partial charge in [0.05, 0.1) is 18.8 Å². The molecule has 0 aliphatic rings. The molecule has 0 heterocycles. The van der Waals surface area contributed by atoms with Crippen LogP contribution in [-0.4, -0.2) is 72.0 Å². The molecule has 154 valence electrons. The van der Waals surface area contributed by atoms with Crippen LogP contribution in [0.4, 0.5) is 0 Å². The van der Waals surface area contributed by atoms with E-state index in [-0.39, 0.29) is 25.4 Å². The maximum atomic E-state index is 10.7. The van der Waals surface area contributed by atoms with Crippen LogP contribution in [-0.2, 0) is 0 Å². The number of benzene rings is 2. The maximum Gasteiger partial charge on any atom is 0.335 e. The van der Waals surface area contributed by atoms with Gasteiger partial charge in [-0.3, -0.25) is 0 Å². The van der Waals surface area contributed by atoms with Gasteiger partial charge in [-0.15, -0.1) is 0 Å². The lowest BCUT2D eigenvalue weighted by Crippen LogP contribution is -3.14. The lowest BCUT2D eigenvalue weighted by Gasteiger charge is -2.20. The van der Waals surface area contributed by atoms with Gasteiger partial charge in [-0.25, -0.2) is 4.79 Å². The molecule has 0 amide bonds. The highest BCUT2D eigenvalue weighted by Crippen LogP contribution is 2.11. The van der Waals surface area contributed by atoms with E-state index in [1.165, 1.54) is 24.3 Å². The van der Waals surface area contributed by atoms with Gasteiger partial charge >= 0.3 is 5.97 Å². The van der Waals surface area contributed by atoms with E-state index >= 15 is 0 Å². The minimum atomic E-state index is -1.18. The fourth-order valence-corrected chi connectivity index (χ4v) is 2.39. The quantitative estimate of drug-likeness (QED) is 0.341. The molecule has 0 fully saturated rings. The highest BCUT2D eigenvalue weighted by molar-refractivity contribution is 5.90. The Morgan fingerprint density at radius 1 is 1.00 bits per heavy atom. The summed E-state index contributed by atoms with van der Waals surface area (Å²) in [6.45, 7) is 1.79. The van der Waals surface area contributed by atoms with Crippen molar-refractivity contribution >= 4 is 5.97 Å². The average Bonchev–Trinajstić information content (AvgIpc) is 2.68. The fraction of sp³-hybridized carbons (Fsp3) is 0.350. The molecular formula is C20H27NO7. The number of carboxylic acids is 1. The largest absolute Gasteiger partial charge is 0.872 e. The molecule has 1 atom stereocenters. The van der Waals surface area contributed by atoms with Crippen LogP contribution < -0.4 is 14.7 Å². The zero-order chi connectivity index (χ0) is 20.8. The minimum absolute atomic E-state index is 0.0432. The Bertz CT molecular complexity index is 675. The van der Waals surface area contributed by atoms with E-state index in [2.05, 4.69) is 0 Å². The smallest absolute Gasteiger partial charge is 0.335 e. The van der Waals surface area contributed by atoms with Crippen LogP contribution in [0, 0.1) is 0 Å². The van der Waals surface area contributed by atoms with Crippen LogP contribution in [0.3, 0.4) is 0 Å². The number of aromatic carboxylic acids is 1. The summed E-state index contributed by atoms with van der Waals surface area (Å²) in [5.74, 6) is -0.900. The Kier molecular flexibility index (Phi) is 11.3. The van der Waals surface area contributed by atoms with Gasteiger partial charge in [0.15, 0.2) is 0 Å². The van der Waals surface area contributed by atoms with Crippen LogP contribution in [0.25, 0.3) is 0 Å². The Labute approximate surface area is 163 Å². The molecule has 2 aromatic carbocycles. The Balaban J connectivity index is 0.000000330. The van der Waals surface area contributed by atoms with Crippen molar-refractivity contribution in [2.24, 2.45) is 0 Å². The second kappa shape index (κ2) is 13.5. The summed E-state index contributed by atoms with van der Waals surface area (Å²) in [7, 11) is 0. The third kappa shape index (κ3) is 9.33. The van der Waals surface area contributed by atoms with E-state index in [4.69, 9.17) is 20.1 Å². The molecule has 0 saturated carbocycles. The molecule has 0 radical (unpaired) electrons. The van der Waals surface area contributed by atoms with E-state index in [0.717, 1.165) is 10.6 Å². The van der Waals surface area contributed by atoms with Crippen molar-refractivity contribution in [3.8, 4) is 11.5 Å². The third-order valence-corrected chi connectivity index (χ3v) is 3.76. The molecule has 0 aliphatic carbocycles. The number of rotatable bonds is 10. The van der Waals surface area contributed by atoms with E-state index in [9.17, 15) is 15.0 Å². The number of carbonyl (C=O) groups is 1. The zero-order valence-electron chi connectivity index (χ0n) is 15.5. The van der Waals surface area contributed by atoms with Crippen LogP contribution in [0.1, 0.15) is 10.4 Å². The molecule has 0 aliphatic heterocycles. The van der Waals surface area contributed by atoms with Gasteiger partial charge in [-0.1, -0.05) is 42.1 Å². The van der Waals surface area contributed by atoms with Crippen molar-refractivity contribution in [3.63, 3.8) is 0 Å². The molecule has 8 heteroatoms. The number of hydrogen-bond acceptors (Lipinski definition) is 6. The summed E-state index contributed by atoms with van der Waals surface area (Å²) in [5, 5.41) is 46.6. The molecule has 0 spiro atoms. The lowest BCUT2D eigenvalue weighted by molar-refractivity contribution is -0.903. The number of para-hydroxylation sites is 2. The topological polar surface area (TPSA) is 135 Å². The van der Waals surface area contributed by atoms with E-state index in [0.29, 0.717) is 19.6 Å². The number of aliphatic hydroxyl groups is 3. The monoisotopic (exact) mass is 393 g/mol. The predicted molar refractivity (Wildman–Crippen MR) is 101 cm³/mol. The number of hydrogen-bond donors (Lipinski definition) is 5. The normalized spacial score (nSPS) is 11.4. The van der Waals surface area contributed by atoms with Crippen molar-refractivity contribution in [1.82, 2.24) is 0 Å². The molecular weight excluding hydrogens is 366 g/mol. The van der Waals surface area contributed by atoms with E-state index < -0.39 is 17.8 Å². The molecule has 0 saturated heterocycles. The van der Waals surface area contributed by atoms with E-state index in [1.54, 1.807) is 0 Å². The first-order valence-corrected chi connectivity index (χ1v) is 8.88. The first kappa shape index (κ1) is 23.4. The molecule has 28 heavy (non-hydrogen) atoms. The number of quaternary nitrogens is 1. The Morgan fingerprint density at radius 2 is 1.57 bits per heavy atom. The number of aliphatic hydroxyl groups excluding tert-OH is 3. The van der Waals surface area contributed by atoms with E-state index in [1.807, 2.05) is 30.3 Å². The second-order valence-corrected chi connectivity index (χ2v) is 5.98. The van der Waals surface area contributed by atoms with Gasteiger partial charge in [0, 0.05) is 0 Å². The van der Waals surface area contributed by atoms with Gasteiger partial charge in [0.1, 0.15) is 38.1 Å². The molecule has 2 rings (SSSR count). The van der Waals surface area contributed by atoms with Crippen molar-refractivity contribution in [2.45, 2.75) is 6.10 Å². The fourth-order valence-electron chi connectivity index (χ4n) is 2.39. The second-order valence-electron chi connectivity index (χ2n) is 5.98. The SMILES string of the molecule is O=C(O)c1ccccc1[O-].OCC[NH+](CCO)CC(O)COc1ccccc1. The molecule has 0 bridgehead atoms. The van der Waals surface area contributed by atoms with Crippen LogP contribution in [0.2, 0.25) is 0 Å². The van der Waals surface area contributed by atoms with Crippen LogP contribution >= 0.6 is 0 Å². The van der Waals surface area contributed by atoms with Crippen LogP contribution in [0.15, 0.2) is 54.6 Å². The summed E-state index contributed by atoms with van der Waals surface area (Å²) in [5.41, 5.74) is -0.178. The molecule has 5 N–H and O–H groups in total. The van der Waals surface area contributed by atoms with Gasteiger partial charge in [-0.2, -0.15) is 0 Å². The molecule has 0 aromatic heterocycles. The van der Waals surface area contributed by atoms with Crippen molar-refractivity contribution in [3.05, 3.63) is 60.2 Å². The number of ether oxygens (including phenoxy) is 1. The van der Waals surface area contributed by atoms with Gasteiger partial charge in [0.2, 0.25) is 0 Å².